The summed E-state index contributed by atoms with van der Waals surface area (Å²) in [6.07, 6.45) is 3.46. The quantitative estimate of drug-likeness (QED) is 0.306. The normalized spacial score (nSPS) is 12.1. The first-order chi connectivity index (χ1) is 18.1. The van der Waals surface area contributed by atoms with Crippen LogP contribution in [0.4, 0.5) is 8.78 Å². The van der Waals surface area contributed by atoms with Crippen molar-refractivity contribution in [2.45, 2.75) is 39.3 Å². The second-order valence-corrected chi connectivity index (χ2v) is 9.66. The van der Waals surface area contributed by atoms with Gasteiger partial charge in [-0.15, -0.1) is 0 Å². The molecule has 204 valence electrons. The molecule has 13 heteroatoms. The average Bonchev–Trinajstić information content (AvgIpc) is 2.82. The third-order valence-electron chi connectivity index (χ3n) is 5.82. The molecule has 0 radical (unpaired) electrons. The number of aryl methyl sites for hydroxylation is 2. The summed E-state index contributed by atoms with van der Waals surface area (Å²) in [5.74, 6) is -6.20. The van der Waals surface area contributed by atoms with Gasteiger partial charge in [-0.25, -0.2) is 18.7 Å². The lowest BCUT2D eigenvalue weighted by Gasteiger charge is -2.24. The predicted molar refractivity (Wildman–Crippen MR) is 136 cm³/mol. The summed E-state index contributed by atoms with van der Waals surface area (Å²) in [7, 11) is 0. The maximum atomic E-state index is 14.1. The summed E-state index contributed by atoms with van der Waals surface area (Å²) in [5.41, 5.74) is -2.65. The van der Waals surface area contributed by atoms with Crippen LogP contribution < -0.4 is 15.9 Å². The van der Waals surface area contributed by atoms with Crippen LogP contribution in [0.1, 0.15) is 36.4 Å². The largest absolute Gasteiger partial charge is 0.433 e. The van der Waals surface area contributed by atoms with Crippen LogP contribution in [0.15, 0.2) is 58.5 Å². The fraction of sp³-hybridized carbons (Fsp3) is 0.231. The molecule has 4 rings (SSSR count). The van der Waals surface area contributed by atoms with E-state index in [1.807, 2.05) is 0 Å². The van der Waals surface area contributed by atoms with E-state index in [0.717, 1.165) is 0 Å². The minimum Gasteiger partial charge on any atom is -0.433 e. The molecule has 0 unspecified atom stereocenters. The van der Waals surface area contributed by atoms with E-state index in [-0.39, 0.29) is 17.1 Å². The van der Waals surface area contributed by atoms with Gasteiger partial charge in [0.05, 0.1) is 17.5 Å². The Labute approximate surface area is 225 Å². The van der Waals surface area contributed by atoms with Gasteiger partial charge < -0.3 is 20.1 Å². The molecule has 0 fully saturated rings. The van der Waals surface area contributed by atoms with Gasteiger partial charge in [0.25, 0.3) is 11.1 Å². The maximum absolute atomic E-state index is 14.1. The van der Waals surface area contributed by atoms with Gasteiger partial charge in [0.1, 0.15) is 16.7 Å². The van der Waals surface area contributed by atoms with Gasteiger partial charge in [0.15, 0.2) is 17.3 Å². The number of ether oxygens (including phenoxy) is 1. The van der Waals surface area contributed by atoms with Crippen molar-refractivity contribution >= 4 is 11.6 Å². The van der Waals surface area contributed by atoms with Gasteiger partial charge in [-0.3, -0.25) is 18.7 Å². The van der Waals surface area contributed by atoms with Crippen LogP contribution in [0, 0.1) is 25.5 Å². The lowest BCUT2D eigenvalue weighted by molar-refractivity contribution is -0.308. The number of hydrogen-bond donors (Lipinski definition) is 3. The van der Waals surface area contributed by atoms with Crippen molar-refractivity contribution in [1.29, 1.82) is 0 Å². The molecule has 0 aromatic carbocycles. The molecule has 0 bridgehead atoms. The number of pyridine rings is 4. The van der Waals surface area contributed by atoms with Gasteiger partial charge in [0.2, 0.25) is 0 Å². The molecule has 4 heterocycles. The lowest BCUT2D eigenvalue weighted by Crippen LogP contribution is -2.35. The van der Waals surface area contributed by atoms with Crippen molar-refractivity contribution in [1.82, 2.24) is 19.1 Å². The van der Waals surface area contributed by atoms with Crippen LogP contribution in [0.5, 0.6) is 5.75 Å². The second kappa shape index (κ2) is 9.97. The number of halogens is 3. The Kier molecular flexibility index (Phi) is 7.17. The molecule has 4 aromatic heterocycles. The first kappa shape index (κ1) is 28.0. The van der Waals surface area contributed by atoms with Crippen LogP contribution in [0.2, 0.25) is 5.02 Å². The molecular formula is C26H23ClF2N4O6. The Morgan fingerprint density at radius 1 is 1.00 bits per heavy atom. The summed E-state index contributed by atoms with van der Waals surface area (Å²) in [4.78, 5) is 34.0. The molecular weight excluding hydrogens is 538 g/mol. The minimum absolute atomic E-state index is 0.135. The highest BCUT2D eigenvalue weighted by Gasteiger charge is 2.36. The number of hydrogen-bond acceptors (Lipinski definition) is 8. The van der Waals surface area contributed by atoms with Crippen LogP contribution in [-0.4, -0.2) is 34.4 Å². The molecule has 0 saturated carbocycles. The van der Waals surface area contributed by atoms with E-state index in [4.69, 9.17) is 16.3 Å². The van der Waals surface area contributed by atoms with E-state index in [0.29, 0.717) is 23.5 Å². The van der Waals surface area contributed by atoms with Gasteiger partial charge in [0, 0.05) is 41.9 Å². The SMILES string of the molecule is Cc1cnc(-n2cccc(C(C)(C)O)c2=O)cc1-n1c(C)cc(OC(O)(O)c2ncc(F)cc2F)c(Cl)c1=O. The van der Waals surface area contributed by atoms with E-state index in [1.54, 1.807) is 13.0 Å². The monoisotopic (exact) mass is 560 g/mol. The van der Waals surface area contributed by atoms with Gasteiger partial charge >= 0.3 is 5.97 Å². The smallest absolute Gasteiger partial charge is 0.372 e. The number of rotatable bonds is 6. The molecule has 0 saturated heterocycles. The van der Waals surface area contributed by atoms with Crippen LogP contribution in [-0.2, 0) is 11.6 Å². The Morgan fingerprint density at radius 3 is 2.33 bits per heavy atom. The number of nitrogens with zero attached hydrogens (tertiary/aromatic N) is 4. The first-order valence-electron chi connectivity index (χ1n) is 11.4. The Bertz CT molecular complexity index is 1710. The molecule has 3 N–H and O–H groups in total. The highest BCUT2D eigenvalue weighted by atomic mass is 35.5. The summed E-state index contributed by atoms with van der Waals surface area (Å²) in [5, 5.41) is 30.4. The highest BCUT2D eigenvalue weighted by Crippen LogP contribution is 2.30. The molecule has 0 spiro atoms. The van der Waals surface area contributed by atoms with Crippen molar-refractivity contribution in [2.24, 2.45) is 0 Å². The second-order valence-electron chi connectivity index (χ2n) is 9.28. The van der Waals surface area contributed by atoms with E-state index in [9.17, 15) is 33.7 Å². The Hall–Kier alpha value is -3.97. The van der Waals surface area contributed by atoms with Crippen molar-refractivity contribution < 1.29 is 28.8 Å². The topological polar surface area (TPSA) is 140 Å². The Morgan fingerprint density at radius 2 is 1.69 bits per heavy atom. The fourth-order valence-electron chi connectivity index (χ4n) is 3.93. The average molecular weight is 561 g/mol. The van der Waals surface area contributed by atoms with Crippen molar-refractivity contribution in [2.75, 3.05) is 0 Å². The zero-order chi connectivity index (χ0) is 28.9. The summed E-state index contributed by atoms with van der Waals surface area (Å²) in [6, 6.07) is 6.12. The third-order valence-corrected chi connectivity index (χ3v) is 6.17. The van der Waals surface area contributed by atoms with E-state index in [1.165, 1.54) is 60.5 Å². The molecule has 0 aliphatic heterocycles. The van der Waals surface area contributed by atoms with E-state index in [2.05, 4.69) is 9.97 Å². The molecule has 10 nitrogen and oxygen atoms in total. The van der Waals surface area contributed by atoms with Gasteiger partial charge in [-0.05, 0) is 45.4 Å². The molecule has 0 aliphatic rings. The highest BCUT2D eigenvalue weighted by molar-refractivity contribution is 6.31. The van der Waals surface area contributed by atoms with Crippen LogP contribution in [0.3, 0.4) is 0 Å². The third kappa shape index (κ3) is 5.32. The minimum atomic E-state index is -3.39. The molecule has 0 amide bonds. The predicted octanol–water partition coefficient (Wildman–Crippen LogP) is 2.73. The zero-order valence-corrected chi connectivity index (χ0v) is 21.9. The molecule has 0 atom stereocenters. The summed E-state index contributed by atoms with van der Waals surface area (Å²) in [6.45, 7) is 6.12. The summed E-state index contributed by atoms with van der Waals surface area (Å²) < 4.78 is 34.7. The van der Waals surface area contributed by atoms with E-state index >= 15 is 0 Å². The standard InChI is InChI=1S/C26H23ClF2N4O6/c1-13-11-30-20(32-7-5-6-16(23(32)34)25(3,4)36)10-18(13)33-14(2)8-19(21(27)24(33)35)39-26(37,38)22-17(29)9-15(28)12-31-22/h5-12,36-38H,1-4H3. The lowest BCUT2D eigenvalue weighted by atomic mass is 10.0. The number of aromatic nitrogens is 4. The zero-order valence-electron chi connectivity index (χ0n) is 21.1. The maximum Gasteiger partial charge on any atom is 0.372 e. The van der Waals surface area contributed by atoms with Crippen molar-refractivity contribution in [3.05, 3.63) is 109 Å². The Balaban J connectivity index is 1.81. The summed E-state index contributed by atoms with van der Waals surface area (Å²) >= 11 is 6.23. The first-order valence-corrected chi connectivity index (χ1v) is 11.8. The molecule has 4 aromatic rings. The van der Waals surface area contributed by atoms with Gasteiger partial charge in [-0.2, -0.15) is 0 Å². The van der Waals surface area contributed by atoms with Crippen molar-refractivity contribution in [3.63, 3.8) is 0 Å². The molecule has 0 aliphatic carbocycles. The van der Waals surface area contributed by atoms with Crippen LogP contribution in [0.25, 0.3) is 11.5 Å². The van der Waals surface area contributed by atoms with Gasteiger partial charge in [-0.1, -0.05) is 11.6 Å². The van der Waals surface area contributed by atoms with E-state index < -0.39 is 50.8 Å². The van der Waals surface area contributed by atoms with Crippen LogP contribution >= 0.6 is 11.6 Å². The fourth-order valence-corrected chi connectivity index (χ4v) is 4.10. The number of aliphatic hydroxyl groups is 3. The molecule has 39 heavy (non-hydrogen) atoms. The van der Waals surface area contributed by atoms with Crippen molar-refractivity contribution in [3.8, 4) is 17.3 Å².